The maximum Gasteiger partial charge on any atom is 0.371 e. The minimum absolute atomic E-state index is 0.0327. The van der Waals surface area contributed by atoms with Crippen molar-refractivity contribution in [1.82, 2.24) is 0 Å². The summed E-state index contributed by atoms with van der Waals surface area (Å²) in [4.78, 5) is 22.7. The zero-order valence-corrected chi connectivity index (χ0v) is 16.2. The maximum atomic E-state index is 11.7. The van der Waals surface area contributed by atoms with E-state index in [0.717, 1.165) is 12.0 Å². The molecule has 0 amide bonds. The van der Waals surface area contributed by atoms with E-state index in [4.69, 9.17) is 14.6 Å². The Morgan fingerprint density at radius 1 is 1.18 bits per heavy atom. The Labute approximate surface area is 164 Å². The minimum Gasteiger partial charge on any atom is -0.507 e. The van der Waals surface area contributed by atoms with E-state index in [0.29, 0.717) is 23.3 Å². The van der Waals surface area contributed by atoms with Crippen LogP contribution in [0.5, 0.6) is 11.5 Å². The van der Waals surface area contributed by atoms with E-state index >= 15 is 0 Å². The monoisotopic (exact) mass is 384 g/mol. The number of hydrogen-bond donors (Lipinski definition) is 2. The van der Waals surface area contributed by atoms with Crippen LogP contribution in [0, 0.1) is 0 Å². The van der Waals surface area contributed by atoms with Gasteiger partial charge in [-0.25, -0.2) is 4.79 Å². The first-order valence-corrected chi connectivity index (χ1v) is 8.93. The van der Waals surface area contributed by atoms with E-state index in [-0.39, 0.29) is 29.5 Å². The predicted octanol–water partition coefficient (Wildman–Crippen LogP) is 4.20. The Morgan fingerprint density at radius 2 is 1.93 bits per heavy atom. The van der Waals surface area contributed by atoms with Crippen molar-refractivity contribution < 1.29 is 29.3 Å². The molecule has 0 fully saturated rings. The number of methoxy groups -OCH3 is 1. The lowest BCUT2D eigenvalue weighted by molar-refractivity contribution is -0.135. The first-order chi connectivity index (χ1) is 13.4. The van der Waals surface area contributed by atoms with Crippen molar-refractivity contribution in [2.24, 2.45) is 0 Å². The van der Waals surface area contributed by atoms with E-state index < -0.39 is 5.97 Å². The third kappa shape index (κ3) is 5.13. The summed E-state index contributed by atoms with van der Waals surface area (Å²) in [6.45, 7) is 3.62. The number of ketones is 1. The molecule has 0 saturated carbocycles. The van der Waals surface area contributed by atoms with Crippen LogP contribution in [0.25, 0.3) is 6.08 Å². The second-order valence-electron chi connectivity index (χ2n) is 6.30. The molecule has 2 rings (SSSR count). The molecule has 0 atom stereocenters. The number of carboxylic acids is 1. The van der Waals surface area contributed by atoms with Gasteiger partial charge in [0.2, 0.25) is 5.76 Å². The van der Waals surface area contributed by atoms with Crippen LogP contribution in [0.3, 0.4) is 0 Å². The average molecular weight is 384 g/mol. The van der Waals surface area contributed by atoms with Crippen LogP contribution in [0.4, 0.5) is 0 Å². The van der Waals surface area contributed by atoms with Crippen LogP contribution in [0.2, 0.25) is 0 Å². The quantitative estimate of drug-likeness (QED) is 0.382. The van der Waals surface area contributed by atoms with Crippen molar-refractivity contribution >= 4 is 17.8 Å². The Morgan fingerprint density at radius 3 is 2.54 bits per heavy atom. The topological polar surface area (TPSA) is 93.1 Å². The summed E-state index contributed by atoms with van der Waals surface area (Å²) in [5, 5.41) is 19.5. The van der Waals surface area contributed by atoms with E-state index in [1.54, 1.807) is 30.3 Å². The highest BCUT2D eigenvalue weighted by molar-refractivity contribution is 5.97. The van der Waals surface area contributed by atoms with E-state index in [2.05, 4.69) is 0 Å². The number of phenols is 1. The third-order valence-electron chi connectivity index (χ3n) is 4.19. The number of ether oxygens (including phenoxy) is 2. The van der Waals surface area contributed by atoms with Gasteiger partial charge in [-0.3, -0.25) is 4.79 Å². The molecular weight excluding hydrogens is 360 g/mol. The molecule has 6 heteroatoms. The molecule has 0 aromatic heterocycles. The first-order valence-electron chi connectivity index (χ1n) is 8.93. The van der Waals surface area contributed by atoms with E-state index in [1.807, 2.05) is 13.0 Å². The van der Waals surface area contributed by atoms with Crippen molar-refractivity contribution in [2.45, 2.75) is 33.3 Å². The van der Waals surface area contributed by atoms with Gasteiger partial charge >= 0.3 is 5.97 Å². The fourth-order valence-electron chi connectivity index (χ4n) is 2.82. The summed E-state index contributed by atoms with van der Waals surface area (Å²) in [6.07, 6.45) is 2.81. The number of carbonyl (C=O) groups excluding carboxylic acids is 1. The van der Waals surface area contributed by atoms with Gasteiger partial charge < -0.3 is 19.7 Å². The van der Waals surface area contributed by atoms with Gasteiger partial charge in [0.15, 0.2) is 5.78 Å². The zero-order chi connectivity index (χ0) is 20.7. The van der Waals surface area contributed by atoms with Crippen molar-refractivity contribution in [3.8, 4) is 11.5 Å². The molecule has 0 saturated heterocycles. The maximum absolute atomic E-state index is 11.7. The van der Waals surface area contributed by atoms with Crippen LogP contribution < -0.4 is 4.74 Å². The lowest BCUT2D eigenvalue weighted by Gasteiger charge is -2.15. The van der Waals surface area contributed by atoms with Gasteiger partial charge in [-0.05, 0) is 48.7 Å². The highest BCUT2D eigenvalue weighted by Crippen LogP contribution is 2.33. The fraction of sp³-hybridized carbons (Fsp3) is 0.273. The van der Waals surface area contributed by atoms with Gasteiger partial charge in [-0.2, -0.15) is 0 Å². The number of aliphatic carboxylic acids is 1. The predicted molar refractivity (Wildman–Crippen MR) is 106 cm³/mol. The molecule has 2 aromatic rings. The largest absolute Gasteiger partial charge is 0.507 e. The van der Waals surface area contributed by atoms with Crippen LogP contribution >= 0.6 is 0 Å². The number of rotatable bonds is 9. The van der Waals surface area contributed by atoms with Gasteiger partial charge in [0.25, 0.3) is 0 Å². The van der Waals surface area contributed by atoms with Crippen molar-refractivity contribution in [1.29, 1.82) is 0 Å². The molecule has 6 nitrogen and oxygen atoms in total. The third-order valence-corrected chi connectivity index (χ3v) is 4.19. The number of phenolic OH excluding ortho intramolecular Hbond substituents is 1. The van der Waals surface area contributed by atoms with Crippen molar-refractivity contribution in [3.05, 3.63) is 64.4 Å². The van der Waals surface area contributed by atoms with Gasteiger partial charge in [0.1, 0.15) is 18.1 Å². The summed E-state index contributed by atoms with van der Waals surface area (Å²) in [7, 11) is 1.30. The zero-order valence-electron chi connectivity index (χ0n) is 16.2. The number of Topliss-reactive ketones (excluding diaryl/α,β-unsaturated/α-hetero) is 1. The number of carboxylic acid groups (broad SMARTS) is 1. The normalized spacial score (nSPS) is 11.2. The summed E-state index contributed by atoms with van der Waals surface area (Å²) in [6, 6.07) is 10.5. The first kappa shape index (κ1) is 21.0. The highest BCUT2D eigenvalue weighted by atomic mass is 16.5. The second-order valence-corrected chi connectivity index (χ2v) is 6.30. The number of aromatic hydroxyl groups is 1. The Bertz CT molecular complexity index is 898. The number of hydrogen-bond acceptors (Lipinski definition) is 5. The fourth-order valence-corrected chi connectivity index (χ4v) is 2.82. The molecule has 0 heterocycles. The molecule has 2 aromatic carbocycles. The summed E-state index contributed by atoms with van der Waals surface area (Å²) in [5.41, 5.74) is 2.39. The summed E-state index contributed by atoms with van der Waals surface area (Å²) < 4.78 is 10.7. The molecule has 28 heavy (non-hydrogen) atoms. The molecule has 0 aliphatic heterocycles. The van der Waals surface area contributed by atoms with Gasteiger partial charge in [-0.15, -0.1) is 0 Å². The highest BCUT2D eigenvalue weighted by Gasteiger charge is 2.16. The van der Waals surface area contributed by atoms with E-state index in [1.165, 1.54) is 20.1 Å². The standard InChI is InChI=1S/C22H24O6/c1-4-6-18-19(10-9-17(14(2)23)21(18)24)28-13-16-8-5-7-15(11-16)12-20(27-3)22(25)26/h5,7-12,24H,4,6,13H2,1-3H3,(H,25,26). The molecule has 0 aliphatic rings. The summed E-state index contributed by atoms with van der Waals surface area (Å²) >= 11 is 0. The molecule has 0 aliphatic carbocycles. The van der Waals surface area contributed by atoms with Crippen molar-refractivity contribution in [2.75, 3.05) is 7.11 Å². The van der Waals surface area contributed by atoms with E-state index in [9.17, 15) is 14.7 Å². The number of carbonyl (C=O) groups is 2. The Kier molecular flexibility index (Phi) is 7.21. The van der Waals surface area contributed by atoms with Crippen LogP contribution in [0.1, 0.15) is 47.3 Å². The minimum atomic E-state index is -1.14. The average Bonchev–Trinajstić information content (AvgIpc) is 2.66. The summed E-state index contributed by atoms with van der Waals surface area (Å²) in [5.74, 6) is -1.01. The molecule has 0 radical (unpaired) electrons. The van der Waals surface area contributed by atoms with Crippen LogP contribution in [-0.4, -0.2) is 29.1 Å². The Hall–Kier alpha value is -3.28. The lowest BCUT2D eigenvalue weighted by atomic mass is 10.0. The SMILES string of the molecule is CCCc1c(OCc2cccc(C=C(OC)C(=O)O)c2)ccc(C(C)=O)c1O. The smallest absolute Gasteiger partial charge is 0.371 e. The van der Waals surface area contributed by atoms with Crippen molar-refractivity contribution in [3.63, 3.8) is 0 Å². The number of benzene rings is 2. The van der Waals surface area contributed by atoms with Crippen LogP contribution in [-0.2, 0) is 22.6 Å². The Balaban J connectivity index is 2.25. The molecule has 0 unspecified atom stereocenters. The molecule has 148 valence electrons. The van der Waals surface area contributed by atoms with Gasteiger partial charge in [-0.1, -0.05) is 31.5 Å². The molecular formula is C22H24O6. The lowest BCUT2D eigenvalue weighted by Crippen LogP contribution is -2.03. The van der Waals surface area contributed by atoms with Crippen LogP contribution in [0.15, 0.2) is 42.2 Å². The van der Waals surface area contributed by atoms with Gasteiger partial charge in [0, 0.05) is 5.56 Å². The van der Waals surface area contributed by atoms with Gasteiger partial charge in [0.05, 0.1) is 12.7 Å². The second kappa shape index (κ2) is 9.60. The molecule has 0 bridgehead atoms. The molecule has 2 N–H and O–H groups in total. The molecule has 0 spiro atoms.